The summed E-state index contributed by atoms with van der Waals surface area (Å²) in [5.74, 6) is 0.776. The normalized spacial score (nSPS) is 16.3. The van der Waals surface area contributed by atoms with E-state index in [1.165, 1.54) is 19.3 Å². The van der Waals surface area contributed by atoms with Gasteiger partial charge in [0.15, 0.2) is 0 Å². The topological polar surface area (TPSA) is 38.3 Å². The van der Waals surface area contributed by atoms with Crippen LogP contribution in [0.3, 0.4) is 0 Å². The maximum Gasteiger partial charge on any atom is 0.244 e. The number of amides is 1. The molecule has 108 valence electrons. The van der Waals surface area contributed by atoms with E-state index in [2.05, 4.69) is 5.32 Å². The van der Waals surface area contributed by atoms with E-state index in [1.807, 2.05) is 31.2 Å². The highest BCUT2D eigenvalue weighted by atomic mass is 16.5. The van der Waals surface area contributed by atoms with Gasteiger partial charge in [-0.05, 0) is 38.0 Å². The van der Waals surface area contributed by atoms with Gasteiger partial charge in [-0.1, -0.05) is 30.9 Å². The Morgan fingerprint density at radius 3 is 2.75 bits per heavy atom. The zero-order valence-electron chi connectivity index (χ0n) is 12.3. The number of benzene rings is 1. The monoisotopic (exact) mass is 273 g/mol. The maximum absolute atomic E-state index is 11.9. The molecule has 0 atom stereocenters. The summed E-state index contributed by atoms with van der Waals surface area (Å²) >= 11 is 0. The van der Waals surface area contributed by atoms with Gasteiger partial charge in [0.1, 0.15) is 5.75 Å². The van der Waals surface area contributed by atoms with E-state index in [0.717, 1.165) is 29.7 Å². The Hall–Kier alpha value is -1.77. The molecule has 0 spiro atoms. The fourth-order valence-electron chi connectivity index (χ4n) is 2.65. The van der Waals surface area contributed by atoms with Crippen LogP contribution in [-0.4, -0.2) is 19.1 Å². The molecule has 0 bridgehead atoms. The highest BCUT2D eigenvalue weighted by Gasteiger charge is 2.14. The maximum atomic E-state index is 11.9. The molecule has 1 saturated carbocycles. The second-order valence-corrected chi connectivity index (χ2v) is 5.42. The minimum atomic E-state index is -0.0135. The van der Waals surface area contributed by atoms with Gasteiger partial charge >= 0.3 is 0 Å². The lowest BCUT2D eigenvalue weighted by atomic mass is 9.95. The summed E-state index contributed by atoms with van der Waals surface area (Å²) in [6.07, 6.45) is 9.38. The molecule has 0 saturated heterocycles. The fraction of sp³-hybridized carbons (Fsp3) is 0.471. The predicted octanol–water partition coefficient (Wildman–Crippen LogP) is 3.47. The minimum absolute atomic E-state index is 0.0135. The van der Waals surface area contributed by atoms with Crippen molar-refractivity contribution in [3.8, 4) is 5.75 Å². The van der Waals surface area contributed by atoms with Gasteiger partial charge in [-0.15, -0.1) is 0 Å². The number of hydrogen-bond donors (Lipinski definition) is 1. The Labute approximate surface area is 121 Å². The summed E-state index contributed by atoms with van der Waals surface area (Å²) < 4.78 is 5.30. The van der Waals surface area contributed by atoms with Crippen molar-refractivity contribution in [2.75, 3.05) is 7.11 Å². The van der Waals surface area contributed by atoms with Gasteiger partial charge in [0.25, 0.3) is 0 Å². The van der Waals surface area contributed by atoms with Gasteiger partial charge in [0.2, 0.25) is 5.91 Å². The van der Waals surface area contributed by atoms with Crippen LogP contribution in [0.4, 0.5) is 0 Å². The molecule has 3 nitrogen and oxygen atoms in total. The van der Waals surface area contributed by atoms with E-state index < -0.39 is 0 Å². The molecule has 0 aliphatic heterocycles. The lowest BCUT2D eigenvalue weighted by Crippen LogP contribution is -2.34. The fourth-order valence-corrected chi connectivity index (χ4v) is 2.65. The van der Waals surface area contributed by atoms with Crippen LogP contribution >= 0.6 is 0 Å². The van der Waals surface area contributed by atoms with Crippen molar-refractivity contribution >= 4 is 12.0 Å². The van der Waals surface area contributed by atoms with Gasteiger partial charge in [-0.25, -0.2) is 0 Å². The number of ether oxygens (including phenoxy) is 1. The number of methoxy groups -OCH3 is 1. The van der Waals surface area contributed by atoms with Crippen molar-refractivity contribution in [1.29, 1.82) is 0 Å². The summed E-state index contributed by atoms with van der Waals surface area (Å²) in [7, 11) is 1.64. The van der Waals surface area contributed by atoms with E-state index in [-0.39, 0.29) is 5.91 Å². The molecular weight excluding hydrogens is 250 g/mol. The van der Waals surface area contributed by atoms with Crippen LogP contribution in [-0.2, 0) is 4.79 Å². The molecule has 3 heteroatoms. The van der Waals surface area contributed by atoms with Crippen molar-refractivity contribution in [2.45, 2.75) is 45.1 Å². The predicted molar refractivity (Wildman–Crippen MR) is 81.8 cm³/mol. The molecule has 0 radical (unpaired) electrons. The van der Waals surface area contributed by atoms with Crippen LogP contribution in [0.5, 0.6) is 5.75 Å². The third-order valence-corrected chi connectivity index (χ3v) is 3.75. The Morgan fingerprint density at radius 1 is 1.30 bits per heavy atom. The minimum Gasteiger partial charge on any atom is -0.496 e. The lowest BCUT2D eigenvalue weighted by molar-refractivity contribution is -0.117. The molecule has 0 unspecified atom stereocenters. The number of rotatable bonds is 4. The van der Waals surface area contributed by atoms with Crippen molar-refractivity contribution in [1.82, 2.24) is 5.32 Å². The molecule has 1 aromatic carbocycles. The summed E-state index contributed by atoms with van der Waals surface area (Å²) in [6.45, 7) is 2.03. The van der Waals surface area contributed by atoms with Crippen LogP contribution in [0.1, 0.15) is 43.2 Å². The van der Waals surface area contributed by atoms with E-state index in [9.17, 15) is 4.79 Å². The average molecular weight is 273 g/mol. The Balaban J connectivity index is 1.97. The first-order chi connectivity index (χ1) is 9.69. The molecule has 1 N–H and O–H groups in total. The first-order valence-electron chi connectivity index (χ1n) is 7.32. The molecule has 1 aliphatic rings. The summed E-state index contributed by atoms with van der Waals surface area (Å²) in [4.78, 5) is 11.9. The Morgan fingerprint density at radius 2 is 2.05 bits per heavy atom. The highest BCUT2D eigenvalue weighted by Crippen LogP contribution is 2.21. The average Bonchev–Trinajstić information content (AvgIpc) is 2.46. The first kappa shape index (κ1) is 14.6. The Kier molecular flexibility index (Phi) is 5.22. The van der Waals surface area contributed by atoms with Crippen LogP contribution in [0, 0.1) is 6.92 Å². The standard InChI is InChI=1S/C17H23NO2/c1-13-8-10-16(20-2)14(12-13)9-11-17(19)18-15-6-4-3-5-7-15/h8-12,15H,3-7H2,1-2H3,(H,18,19). The zero-order valence-corrected chi connectivity index (χ0v) is 12.3. The first-order valence-corrected chi connectivity index (χ1v) is 7.32. The molecule has 1 fully saturated rings. The smallest absolute Gasteiger partial charge is 0.244 e. The molecule has 0 heterocycles. The molecule has 1 aliphatic carbocycles. The molecule has 20 heavy (non-hydrogen) atoms. The van der Waals surface area contributed by atoms with Crippen LogP contribution < -0.4 is 10.1 Å². The molecular formula is C17H23NO2. The number of carbonyl (C=O) groups is 1. The van der Waals surface area contributed by atoms with Gasteiger partial charge < -0.3 is 10.1 Å². The third-order valence-electron chi connectivity index (χ3n) is 3.75. The SMILES string of the molecule is COc1ccc(C)cc1C=CC(=O)NC1CCCCC1. The van der Waals surface area contributed by atoms with Crippen LogP contribution in [0.2, 0.25) is 0 Å². The number of aryl methyl sites for hydroxylation is 1. The molecule has 0 aromatic heterocycles. The second-order valence-electron chi connectivity index (χ2n) is 5.42. The van der Waals surface area contributed by atoms with Crippen molar-refractivity contribution < 1.29 is 9.53 Å². The van der Waals surface area contributed by atoms with E-state index >= 15 is 0 Å². The van der Waals surface area contributed by atoms with Crippen molar-refractivity contribution in [2.24, 2.45) is 0 Å². The second kappa shape index (κ2) is 7.13. The number of nitrogens with one attached hydrogen (secondary N) is 1. The van der Waals surface area contributed by atoms with Gasteiger partial charge in [0.05, 0.1) is 7.11 Å². The number of carbonyl (C=O) groups excluding carboxylic acids is 1. The number of hydrogen-bond acceptors (Lipinski definition) is 2. The summed E-state index contributed by atoms with van der Waals surface area (Å²) in [5, 5.41) is 3.07. The van der Waals surface area contributed by atoms with Crippen LogP contribution in [0.25, 0.3) is 6.08 Å². The van der Waals surface area contributed by atoms with E-state index in [0.29, 0.717) is 6.04 Å². The van der Waals surface area contributed by atoms with Gasteiger partial charge in [0, 0.05) is 17.7 Å². The largest absolute Gasteiger partial charge is 0.496 e. The quantitative estimate of drug-likeness (QED) is 0.853. The van der Waals surface area contributed by atoms with E-state index in [4.69, 9.17) is 4.74 Å². The van der Waals surface area contributed by atoms with Crippen molar-refractivity contribution in [3.05, 3.63) is 35.4 Å². The summed E-state index contributed by atoms with van der Waals surface area (Å²) in [5.41, 5.74) is 2.09. The Bertz CT molecular complexity index is 488. The van der Waals surface area contributed by atoms with Gasteiger partial charge in [-0.2, -0.15) is 0 Å². The third kappa shape index (κ3) is 4.12. The van der Waals surface area contributed by atoms with Crippen molar-refractivity contribution in [3.63, 3.8) is 0 Å². The zero-order chi connectivity index (χ0) is 14.4. The van der Waals surface area contributed by atoms with Gasteiger partial charge in [-0.3, -0.25) is 4.79 Å². The van der Waals surface area contributed by atoms with E-state index in [1.54, 1.807) is 13.2 Å². The lowest BCUT2D eigenvalue weighted by Gasteiger charge is -2.21. The molecule has 2 rings (SSSR count). The molecule has 1 aromatic rings. The van der Waals surface area contributed by atoms with Crippen LogP contribution in [0.15, 0.2) is 24.3 Å². The molecule has 1 amide bonds. The highest BCUT2D eigenvalue weighted by molar-refractivity contribution is 5.92. The summed E-state index contributed by atoms with van der Waals surface area (Å²) in [6, 6.07) is 6.29.